The molecular formula is C20H21NO5. The predicted octanol–water partition coefficient (Wildman–Crippen LogP) is 2.81. The first kappa shape index (κ1) is 17.8. The quantitative estimate of drug-likeness (QED) is 0.589. The van der Waals surface area contributed by atoms with E-state index in [4.69, 9.17) is 14.2 Å². The number of para-hydroxylation sites is 3. The molecule has 1 atom stereocenters. The van der Waals surface area contributed by atoms with Crippen LogP contribution in [-0.2, 0) is 14.3 Å². The van der Waals surface area contributed by atoms with Crippen molar-refractivity contribution >= 4 is 17.6 Å². The summed E-state index contributed by atoms with van der Waals surface area (Å²) in [7, 11) is 1.30. The predicted molar refractivity (Wildman–Crippen MR) is 96.4 cm³/mol. The minimum Gasteiger partial charge on any atom is -0.494 e. The third-order valence-corrected chi connectivity index (χ3v) is 4.09. The zero-order valence-corrected chi connectivity index (χ0v) is 14.6. The van der Waals surface area contributed by atoms with Gasteiger partial charge in [0.25, 0.3) is 0 Å². The Bertz CT molecular complexity index is 762. The number of rotatable bonds is 6. The second-order valence-electron chi connectivity index (χ2n) is 5.87. The van der Waals surface area contributed by atoms with Crippen molar-refractivity contribution in [2.45, 2.75) is 18.9 Å². The Hall–Kier alpha value is -3.02. The number of methoxy groups -OCH3 is 1. The molecule has 0 aliphatic carbocycles. The van der Waals surface area contributed by atoms with Crippen molar-refractivity contribution in [3.8, 4) is 11.5 Å². The van der Waals surface area contributed by atoms with Gasteiger partial charge < -0.3 is 19.1 Å². The fourth-order valence-electron chi connectivity index (χ4n) is 2.79. The maximum absolute atomic E-state index is 12.7. The van der Waals surface area contributed by atoms with E-state index in [0.29, 0.717) is 30.9 Å². The number of esters is 1. The summed E-state index contributed by atoms with van der Waals surface area (Å²) < 4.78 is 16.0. The smallest absolute Gasteiger partial charge is 0.348 e. The lowest BCUT2D eigenvalue weighted by atomic mass is 10.1. The lowest BCUT2D eigenvalue weighted by Crippen LogP contribution is -2.47. The Morgan fingerprint density at radius 1 is 1.12 bits per heavy atom. The van der Waals surface area contributed by atoms with Crippen LogP contribution in [0.2, 0.25) is 0 Å². The standard InChI is InChI=1S/C20H21NO5/c1-24-20(23)18-14-21(16-10-5-6-11-17(16)26-18)19(22)12-7-13-25-15-8-3-2-4-9-15/h2-6,8-11,18H,7,12-14H2,1H3. The van der Waals surface area contributed by atoms with Gasteiger partial charge in [-0.25, -0.2) is 4.79 Å². The molecule has 2 aromatic carbocycles. The molecule has 1 unspecified atom stereocenters. The molecule has 0 spiro atoms. The van der Waals surface area contributed by atoms with Crippen molar-refractivity contribution in [2.24, 2.45) is 0 Å². The second-order valence-corrected chi connectivity index (χ2v) is 5.87. The van der Waals surface area contributed by atoms with Gasteiger partial charge in [-0.2, -0.15) is 0 Å². The van der Waals surface area contributed by atoms with Crippen LogP contribution in [0, 0.1) is 0 Å². The molecule has 6 nitrogen and oxygen atoms in total. The molecule has 3 rings (SSSR count). The third-order valence-electron chi connectivity index (χ3n) is 4.09. The monoisotopic (exact) mass is 355 g/mol. The number of benzene rings is 2. The molecule has 0 radical (unpaired) electrons. The van der Waals surface area contributed by atoms with E-state index in [2.05, 4.69) is 0 Å². The number of nitrogens with zero attached hydrogens (tertiary/aromatic N) is 1. The van der Waals surface area contributed by atoms with E-state index >= 15 is 0 Å². The van der Waals surface area contributed by atoms with Gasteiger partial charge in [0, 0.05) is 6.42 Å². The summed E-state index contributed by atoms with van der Waals surface area (Å²) in [5.41, 5.74) is 0.668. The number of hydrogen-bond acceptors (Lipinski definition) is 5. The molecule has 0 aromatic heterocycles. The van der Waals surface area contributed by atoms with E-state index in [-0.39, 0.29) is 12.5 Å². The maximum atomic E-state index is 12.7. The normalized spacial score (nSPS) is 15.6. The number of ether oxygens (including phenoxy) is 3. The Labute approximate surface area is 152 Å². The molecule has 1 aliphatic rings. The summed E-state index contributed by atoms with van der Waals surface area (Å²) in [5.74, 6) is 0.710. The summed E-state index contributed by atoms with van der Waals surface area (Å²) in [5, 5.41) is 0. The molecule has 2 aromatic rings. The van der Waals surface area contributed by atoms with Crippen LogP contribution in [0.5, 0.6) is 11.5 Å². The van der Waals surface area contributed by atoms with Crippen LogP contribution >= 0.6 is 0 Å². The van der Waals surface area contributed by atoms with Crippen LogP contribution in [0.4, 0.5) is 5.69 Å². The molecule has 136 valence electrons. The zero-order chi connectivity index (χ0) is 18.4. The largest absolute Gasteiger partial charge is 0.494 e. The zero-order valence-electron chi connectivity index (χ0n) is 14.6. The van der Waals surface area contributed by atoms with E-state index in [1.165, 1.54) is 7.11 Å². The van der Waals surface area contributed by atoms with Crippen molar-refractivity contribution in [3.63, 3.8) is 0 Å². The molecule has 26 heavy (non-hydrogen) atoms. The van der Waals surface area contributed by atoms with Gasteiger partial charge in [0.1, 0.15) is 11.5 Å². The van der Waals surface area contributed by atoms with Crippen LogP contribution in [0.25, 0.3) is 0 Å². The lowest BCUT2D eigenvalue weighted by molar-refractivity contribution is -0.148. The third kappa shape index (κ3) is 4.14. The highest BCUT2D eigenvalue weighted by Gasteiger charge is 2.34. The first-order chi connectivity index (χ1) is 12.7. The minimum atomic E-state index is -0.820. The highest BCUT2D eigenvalue weighted by molar-refractivity contribution is 5.96. The molecule has 1 amide bonds. The summed E-state index contributed by atoms with van der Waals surface area (Å²) in [6.45, 7) is 0.588. The highest BCUT2D eigenvalue weighted by Crippen LogP contribution is 2.33. The van der Waals surface area contributed by atoms with E-state index < -0.39 is 12.1 Å². The Morgan fingerprint density at radius 2 is 1.85 bits per heavy atom. The summed E-state index contributed by atoms with van der Waals surface area (Å²) >= 11 is 0. The Morgan fingerprint density at radius 3 is 2.62 bits per heavy atom. The van der Waals surface area contributed by atoms with E-state index in [1.807, 2.05) is 36.4 Å². The van der Waals surface area contributed by atoms with Gasteiger partial charge in [-0.3, -0.25) is 4.79 Å². The Balaban J connectivity index is 1.61. The van der Waals surface area contributed by atoms with Gasteiger partial charge in [-0.15, -0.1) is 0 Å². The highest BCUT2D eigenvalue weighted by atomic mass is 16.6. The number of carbonyl (C=O) groups excluding carboxylic acids is 2. The second kappa shape index (κ2) is 8.38. The summed E-state index contributed by atoms with van der Waals surface area (Å²) in [4.78, 5) is 26.1. The van der Waals surface area contributed by atoms with Gasteiger partial charge in [0.15, 0.2) is 0 Å². The van der Waals surface area contributed by atoms with Crippen molar-refractivity contribution in [3.05, 3.63) is 54.6 Å². The van der Waals surface area contributed by atoms with E-state index in [0.717, 1.165) is 5.75 Å². The lowest BCUT2D eigenvalue weighted by Gasteiger charge is -2.33. The average Bonchev–Trinajstić information content (AvgIpc) is 2.70. The molecule has 1 aliphatic heterocycles. The van der Waals surface area contributed by atoms with Gasteiger partial charge in [0.05, 0.1) is 25.9 Å². The van der Waals surface area contributed by atoms with Crippen LogP contribution in [0.1, 0.15) is 12.8 Å². The number of anilines is 1. The van der Waals surface area contributed by atoms with E-state index in [9.17, 15) is 9.59 Å². The van der Waals surface area contributed by atoms with Crippen LogP contribution in [-0.4, -0.2) is 38.2 Å². The molecule has 6 heteroatoms. The van der Waals surface area contributed by atoms with Crippen LogP contribution in [0.15, 0.2) is 54.6 Å². The number of fused-ring (bicyclic) bond motifs is 1. The molecular weight excluding hydrogens is 334 g/mol. The molecule has 0 fully saturated rings. The van der Waals surface area contributed by atoms with Crippen molar-refractivity contribution in [2.75, 3.05) is 25.2 Å². The van der Waals surface area contributed by atoms with Gasteiger partial charge >= 0.3 is 5.97 Å². The fourth-order valence-corrected chi connectivity index (χ4v) is 2.79. The molecule has 0 saturated heterocycles. The first-order valence-electron chi connectivity index (χ1n) is 8.51. The molecule has 0 bridgehead atoms. The van der Waals surface area contributed by atoms with Crippen molar-refractivity contribution in [1.29, 1.82) is 0 Å². The number of carbonyl (C=O) groups is 2. The van der Waals surface area contributed by atoms with Gasteiger partial charge in [-0.05, 0) is 30.7 Å². The van der Waals surface area contributed by atoms with Crippen molar-refractivity contribution in [1.82, 2.24) is 0 Å². The first-order valence-corrected chi connectivity index (χ1v) is 8.51. The van der Waals surface area contributed by atoms with Gasteiger partial charge in [0.2, 0.25) is 12.0 Å². The molecule has 0 saturated carbocycles. The molecule has 0 N–H and O–H groups in total. The minimum absolute atomic E-state index is 0.0775. The average molecular weight is 355 g/mol. The van der Waals surface area contributed by atoms with Gasteiger partial charge in [-0.1, -0.05) is 30.3 Å². The maximum Gasteiger partial charge on any atom is 0.348 e. The fraction of sp³-hybridized carbons (Fsp3) is 0.300. The SMILES string of the molecule is COC(=O)C1CN(C(=O)CCCOc2ccccc2)c2ccccc2O1. The Kier molecular flexibility index (Phi) is 5.73. The van der Waals surface area contributed by atoms with Crippen LogP contribution < -0.4 is 14.4 Å². The topological polar surface area (TPSA) is 65.1 Å². The molecule has 1 heterocycles. The van der Waals surface area contributed by atoms with E-state index in [1.54, 1.807) is 23.1 Å². The number of hydrogen-bond donors (Lipinski definition) is 0. The number of amides is 1. The summed E-state index contributed by atoms with van der Waals surface area (Å²) in [6, 6.07) is 16.7. The van der Waals surface area contributed by atoms with Crippen molar-refractivity contribution < 1.29 is 23.8 Å². The summed E-state index contributed by atoms with van der Waals surface area (Å²) in [6.07, 6.45) is 0.0741. The van der Waals surface area contributed by atoms with Crippen LogP contribution in [0.3, 0.4) is 0 Å².